The minimum Gasteiger partial charge on any atom is -0.485 e. The Morgan fingerprint density at radius 1 is 0.612 bits per heavy atom. The van der Waals surface area contributed by atoms with Crippen LogP contribution in [0.25, 0.3) is 72.4 Å². The monoisotopic (exact) mass is 627 g/mol. The number of nitrogens with zero attached hydrogens (tertiary/aromatic N) is 3. The highest BCUT2D eigenvalue weighted by Crippen LogP contribution is 2.47. The van der Waals surface area contributed by atoms with Crippen LogP contribution in [0.2, 0.25) is 0 Å². The van der Waals surface area contributed by atoms with Gasteiger partial charge in [0.25, 0.3) is 0 Å². The topological polar surface area (TPSA) is 74.9 Å². The predicted octanol–water partition coefficient (Wildman–Crippen LogP) is 10.5. The first-order chi connectivity index (χ1) is 24.2. The number of aromatic nitrogens is 1. The molecule has 0 bridgehead atoms. The Morgan fingerprint density at radius 2 is 1.29 bits per heavy atom. The van der Waals surface area contributed by atoms with Crippen molar-refractivity contribution in [1.29, 1.82) is 10.5 Å². The summed E-state index contributed by atoms with van der Waals surface area (Å²) in [6.07, 6.45) is 2.66. The number of nitriles is 2. The zero-order valence-electron chi connectivity index (χ0n) is 26.1. The second-order valence-electron chi connectivity index (χ2n) is 12.6. The highest BCUT2D eigenvalue weighted by Gasteiger charge is 2.35. The molecule has 49 heavy (non-hydrogen) atoms. The van der Waals surface area contributed by atoms with Crippen LogP contribution in [-0.2, 0) is 6.42 Å². The van der Waals surface area contributed by atoms with E-state index in [1.165, 1.54) is 0 Å². The molecule has 2 aliphatic rings. The standard InChI is InChI=1S/C44H25N3O2/c45-24-28-8-1-2-10-30(28)26-16-18-40-34(20-26)36-22-43-37(23-42(36)48-40)35-21-27(17-19-41(35)49-43)31-13-7-9-29(25-46)44(31)47-38-14-5-3-11-32(38)33-12-4-6-15-39(33)47/h1-22,42H,23H2. The van der Waals surface area contributed by atoms with Gasteiger partial charge in [0.05, 0.1) is 33.9 Å². The molecule has 6 aromatic carbocycles. The van der Waals surface area contributed by atoms with Gasteiger partial charge >= 0.3 is 0 Å². The van der Waals surface area contributed by atoms with Crippen molar-refractivity contribution in [1.82, 2.24) is 4.57 Å². The van der Waals surface area contributed by atoms with E-state index in [-0.39, 0.29) is 6.10 Å². The van der Waals surface area contributed by atoms with Gasteiger partial charge in [-0.05, 0) is 71.3 Å². The first-order valence-electron chi connectivity index (χ1n) is 16.3. The quantitative estimate of drug-likeness (QED) is 0.195. The summed E-state index contributed by atoms with van der Waals surface area (Å²) in [4.78, 5) is 0. The SMILES string of the molecule is N#Cc1ccccc1-c1ccc2c(c1)C1=Cc3oc4ccc(-c5cccc(C#N)c5-n5c6ccccc6c6ccccc65)cc4c3CC1O2. The number of hydrogen-bond donors (Lipinski definition) is 0. The van der Waals surface area contributed by atoms with E-state index in [4.69, 9.17) is 9.15 Å². The molecule has 0 spiro atoms. The van der Waals surface area contributed by atoms with E-state index >= 15 is 0 Å². The van der Waals surface area contributed by atoms with Crippen molar-refractivity contribution in [2.45, 2.75) is 12.5 Å². The molecule has 0 saturated heterocycles. The first-order valence-corrected chi connectivity index (χ1v) is 16.3. The number of benzene rings is 6. The van der Waals surface area contributed by atoms with Gasteiger partial charge in [-0.3, -0.25) is 0 Å². The lowest BCUT2D eigenvalue weighted by Gasteiger charge is -2.17. The molecule has 0 fully saturated rings. The molecule has 10 rings (SSSR count). The van der Waals surface area contributed by atoms with Gasteiger partial charge in [-0.15, -0.1) is 0 Å². The fourth-order valence-corrected chi connectivity index (χ4v) is 7.83. The van der Waals surface area contributed by atoms with E-state index < -0.39 is 0 Å². The van der Waals surface area contributed by atoms with E-state index in [1.54, 1.807) is 0 Å². The maximum absolute atomic E-state index is 10.4. The molecule has 5 nitrogen and oxygen atoms in total. The average Bonchev–Trinajstić information content (AvgIpc) is 3.81. The Morgan fingerprint density at radius 3 is 2.08 bits per heavy atom. The molecule has 1 atom stereocenters. The van der Waals surface area contributed by atoms with Crippen molar-refractivity contribution in [3.8, 4) is 45.8 Å². The molecule has 0 N–H and O–H groups in total. The molecule has 0 radical (unpaired) electrons. The molecule has 3 heterocycles. The summed E-state index contributed by atoms with van der Waals surface area (Å²) in [5, 5.41) is 23.4. The summed E-state index contributed by atoms with van der Waals surface area (Å²) >= 11 is 0. The number of furan rings is 1. The molecule has 2 aromatic heterocycles. The Labute approximate surface area is 281 Å². The number of para-hydroxylation sites is 3. The highest BCUT2D eigenvalue weighted by atomic mass is 16.5. The lowest BCUT2D eigenvalue weighted by atomic mass is 9.88. The molecule has 1 aliphatic carbocycles. The molecule has 5 heteroatoms. The smallest absolute Gasteiger partial charge is 0.135 e. The zero-order chi connectivity index (χ0) is 32.6. The van der Waals surface area contributed by atoms with E-state index in [2.05, 4.69) is 83.4 Å². The highest BCUT2D eigenvalue weighted by molar-refractivity contribution is 6.10. The van der Waals surface area contributed by atoms with E-state index in [1.807, 2.05) is 66.7 Å². The third-order valence-electron chi connectivity index (χ3n) is 10.0. The molecule has 8 aromatic rings. The van der Waals surface area contributed by atoms with Crippen molar-refractivity contribution < 1.29 is 9.15 Å². The van der Waals surface area contributed by atoms with Gasteiger partial charge in [-0.1, -0.05) is 78.9 Å². The van der Waals surface area contributed by atoms with Gasteiger partial charge < -0.3 is 13.7 Å². The van der Waals surface area contributed by atoms with Crippen LogP contribution < -0.4 is 4.74 Å². The van der Waals surface area contributed by atoms with Crippen molar-refractivity contribution in [3.05, 3.63) is 155 Å². The Balaban J connectivity index is 1.11. The molecule has 228 valence electrons. The summed E-state index contributed by atoms with van der Waals surface area (Å²) in [7, 11) is 0. The fraction of sp³-hybridized carbons (Fsp3) is 0.0455. The van der Waals surface area contributed by atoms with Gasteiger partial charge in [0.2, 0.25) is 0 Å². The third-order valence-corrected chi connectivity index (χ3v) is 10.0. The van der Waals surface area contributed by atoms with Crippen molar-refractivity contribution in [3.63, 3.8) is 0 Å². The zero-order valence-corrected chi connectivity index (χ0v) is 26.1. The van der Waals surface area contributed by atoms with Crippen LogP contribution >= 0.6 is 0 Å². The second-order valence-corrected chi connectivity index (χ2v) is 12.6. The molecule has 0 amide bonds. The normalized spacial score (nSPS) is 14.5. The average molecular weight is 628 g/mol. The molecule has 1 aliphatic heterocycles. The number of hydrogen-bond acceptors (Lipinski definition) is 4. The summed E-state index contributed by atoms with van der Waals surface area (Å²) in [6.45, 7) is 0. The number of fused-ring (bicyclic) bond motifs is 9. The van der Waals surface area contributed by atoms with Crippen LogP contribution in [0.4, 0.5) is 0 Å². The van der Waals surface area contributed by atoms with Gasteiger partial charge in [0, 0.05) is 44.8 Å². The Bertz CT molecular complexity index is 2770. The molecule has 0 saturated carbocycles. The Kier molecular flexibility index (Phi) is 5.76. The van der Waals surface area contributed by atoms with Crippen LogP contribution in [0.15, 0.2) is 132 Å². The van der Waals surface area contributed by atoms with Crippen LogP contribution in [0.1, 0.15) is 28.0 Å². The lowest BCUT2D eigenvalue weighted by molar-refractivity contribution is 0.275. The predicted molar refractivity (Wildman–Crippen MR) is 193 cm³/mol. The van der Waals surface area contributed by atoms with Crippen LogP contribution in [0, 0.1) is 22.7 Å². The molecule has 1 unspecified atom stereocenters. The molecular weight excluding hydrogens is 603 g/mol. The maximum Gasteiger partial charge on any atom is 0.135 e. The van der Waals surface area contributed by atoms with Gasteiger partial charge in [-0.25, -0.2) is 0 Å². The summed E-state index contributed by atoms with van der Waals surface area (Å²) in [5.74, 6) is 1.68. The molecular formula is C44H25N3O2. The van der Waals surface area contributed by atoms with Gasteiger partial charge in [0.15, 0.2) is 0 Å². The summed E-state index contributed by atoms with van der Waals surface area (Å²) < 4.78 is 15.2. The third kappa shape index (κ3) is 3.97. The second kappa shape index (κ2) is 10.3. The van der Waals surface area contributed by atoms with E-state index in [0.29, 0.717) is 17.5 Å². The fourth-order valence-electron chi connectivity index (χ4n) is 7.83. The van der Waals surface area contributed by atoms with Crippen molar-refractivity contribution >= 4 is 44.4 Å². The van der Waals surface area contributed by atoms with Crippen LogP contribution in [0.3, 0.4) is 0 Å². The maximum atomic E-state index is 10.4. The van der Waals surface area contributed by atoms with E-state index in [0.717, 1.165) is 88.9 Å². The number of ether oxygens (including phenoxy) is 1. The summed E-state index contributed by atoms with van der Waals surface area (Å²) in [5.41, 5.74) is 12.2. The van der Waals surface area contributed by atoms with Crippen LogP contribution in [0.5, 0.6) is 5.75 Å². The van der Waals surface area contributed by atoms with Crippen molar-refractivity contribution in [2.24, 2.45) is 0 Å². The minimum absolute atomic E-state index is 0.136. The first kappa shape index (κ1) is 27.3. The van der Waals surface area contributed by atoms with Gasteiger partial charge in [0.1, 0.15) is 29.3 Å². The largest absolute Gasteiger partial charge is 0.485 e. The van der Waals surface area contributed by atoms with Crippen LogP contribution in [-0.4, -0.2) is 10.7 Å². The number of rotatable bonds is 3. The van der Waals surface area contributed by atoms with Crippen molar-refractivity contribution in [2.75, 3.05) is 0 Å². The lowest BCUT2D eigenvalue weighted by Crippen LogP contribution is -2.18. The Hall–Kier alpha value is -6.82. The summed E-state index contributed by atoms with van der Waals surface area (Å²) in [6, 6.07) is 47.7. The minimum atomic E-state index is -0.136. The van der Waals surface area contributed by atoms with Gasteiger partial charge in [-0.2, -0.15) is 10.5 Å². The van der Waals surface area contributed by atoms with E-state index in [9.17, 15) is 10.5 Å².